The summed E-state index contributed by atoms with van der Waals surface area (Å²) in [6.07, 6.45) is 2.78. The van der Waals surface area contributed by atoms with Gasteiger partial charge in [-0.25, -0.2) is 19.6 Å². The first-order chi connectivity index (χ1) is 9.60. The average Bonchev–Trinajstić information content (AvgIpc) is 2.47. The highest BCUT2D eigenvalue weighted by Gasteiger charge is 2.09. The number of hydrogen-bond donors (Lipinski definition) is 1. The molecule has 6 nitrogen and oxygen atoms in total. The van der Waals surface area contributed by atoms with E-state index < -0.39 is 11.9 Å². The van der Waals surface area contributed by atoms with Gasteiger partial charge in [0.25, 0.3) is 0 Å². The van der Waals surface area contributed by atoms with E-state index in [0.717, 1.165) is 4.90 Å². The molecule has 0 fully saturated rings. The lowest BCUT2D eigenvalue weighted by Gasteiger charge is -2.03. The Kier molecular flexibility index (Phi) is 4.31. The second kappa shape index (κ2) is 6.16. The van der Waals surface area contributed by atoms with Gasteiger partial charge in [0.05, 0.1) is 12.7 Å². The van der Waals surface area contributed by atoms with Crippen molar-refractivity contribution in [1.82, 2.24) is 9.97 Å². The second-order valence-corrected chi connectivity index (χ2v) is 4.75. The molecule has 7 heteroatoms. The normalized spacial score (nSPS) is 10.1. The Morgan fingerprint density at radius 1 is 1.25 bits per heavy atom. The molecule has 2 aromatic heterocycles. The highest BCUT2D eigenvalue weighted by molar-refractivity contribution is 7.99. The Balaban J connectivity index is 2.17. The molecule has 2 rings (SSSR count). The molecule has 0 saturated heterocycles. The third-order valence-electron chi connectivity index (χ3n) is 2.33. The first-order valence-corrected chi connectivity index (χ1v) is 6.33. The van der Waals surface area contributed by atoms with Gasteiger partial charge in [0.2, 0.25) is 0 Å². The number of methoxy groups -OCH3 is 1. The fraction of sp³-hybridized carbons (Fsp3) is 0.0769. The highest BCUT2D eigenvalue weighted by atomic mass is 32.2. The summed E-state index contributed by atoms with van der Waals surface area (Å²) >= 11 is 1.30. The van der Waals surface area contributed by atoms with Gasteiger partial charge in [-0.05, 0) is 24.3 Å². The summed E-state index contributed by atoms with van der Waals surface area (Å²) in [5.74, 6) is -1.53. The average molecular weight is 290 g/mol. The van der Waals surface area contributed by atoms with E-state index in [2.05, 4.69) is 14.7 Å². The van der Waals surface area contributed by atoms with Crippen molar-refractivity contribution in [3.63, 3.8) is 0 Å². The molecule has 20 heavy (non-hydrogen) atoms. The summed E-state index contributed by atoms with van der Waals surface area (Å²) < 4.78 is 4.59. The predicted octanol–water partition coefficient (Wildman–Crippen LogP) is 2.11. The zero-order valence-electron chi connectivity index (χ0n) is 10.4. The Hall–Kier alpha value is -2.41. The lowest BCUT2D eigenvalue weighted by atomic mass is 10.3. The van der Waals surface area contributed by atoms with Gasteiger partial charge in [-0.2, -0.15) is 0 Å². The number of hydrogen-bond acceptors (Lipinski definition) is 6. The van der Waals surface area contributed by atoms with Crippen LogP contribution >= 0.6 is 11.8 Å². The number of aromatic nitrogens is 2. The van der Waals surface area contributed by atoms with E-state index in [4.69, 9.17) is 5.11 Å². The molecule has 102 valence electrons. The molecule has 0 aliphatic rings. The first kappa shape index (κ1) is 14.0. The van der Waals surface area contributed by atoms with Gasteiger partial charge < -0.3 is 9.84 Å². The molecule has 0 radical (unpaired) electrons. The second-order valence-electron chi connectivity index (χ2n) is 3.66. The van der Waals surface area contributed by atoms with E-state index in [1.54, 1.807) is 18.2 Å². The third-order valence-corrected chi connectivity index (χ3v) is 3.27. The Morgan fingerprint density at radius 3 is 2.65 bits per heavy atom. The summed E-state index contributed by atoms with van der Waals surface area (Å²) in [4.78, 5) is 30.8. The van der Waals surface area contributed by atoms with Gasteiger partial charge in [-0.15, -0.1) is 0 Å². The molecule has 0 aromatic carbocycles. The van der Waals surface area contributed by atoms with Gasteiger partial charge in [-0.3, -0.25) is 0 Å². The van der Waals surface area contributed by atoms with Crippen LogP contribution in [0.3, 0.4) is 0 Å². The number of ether oxygens (including phenoxy) is 1. The number of carbonyl (C=O) groups is 2. The maximum Gasteiger partial charge on any atom is 0.356 e. The van der Waals surface area contributed by atoms with Crippen molar-refractivity contribution in [3.8, 4) is 0 Å². The summed E-state index contributed by atoms with van der Waals surface area (Å²) in [6, 6.07) is 6.39. The van der Waals surface area contributed by atoms with E-state index >= 15 is 0 Å². The maximum absolute atomic E-state index is 11.4. The summed E-state index contributed by atoms with van der Waals surface area (Å²) in [5, 5.41) is 9.41. The minimum Gasteiger partial charge on any atom is -0.478 e. The Morgan fingerprint density at radius 2 is 2.05 bits per heavy atom. The van der Waals surface area contributed by atoms with Crippen molar-refractivity contribution < 1.29 is 19.4 Å². The summed E-state index contributed by atoms with van der Waals surface area (Å²) in [6.45, 7) is 0. The van der Waals surface area contributed by atoms with Crippen LogP contribution in [0.1, 0.15) is 20.8 Å². The molecular weight excluding hydrogens is 280 g/mol. The van der Waals surface area contributed by atoms with Crippen molar-refractivity contribution in [1.29, 1.82) is 0 Å². The van der Waals surface area contributed by atoms with Gasteiger partial charge in [0.15, 0.2) is 0 Å². The molecule has 0 aliphatic carbocycles. The zero-order valence-corrected chi connectivity index (χ0v) is 11.3. The number of carbonyl (C=O) groups excluding carboxylic acids is 1. The van der Waals surface area contributed by atoms with Crippen LogP contribution in [-0.4, -0.2) is 34.1 Å². The van der Waals surface area contributed by atoms with Crippen LogP contribution in [0.15, 0.2) is 46.6 Å². The van der Waals surface area contributed by atoms with E-state index in [0.29, 0.717) is 5.03 Å². The Labute approximate surface area is 118 Å². The molecule has 0 bridgehead atoms. The van der Waals surface area contributed by atoms with E-state index in [9.17, 15) is 9.59 Å². The molecular formula is C13H10N2O4S. The quantitative estimate of drug-likeness (QED) is 0.862. The summed E-state index contributed by atoms with van der Waals surface area (Å²) in [7, 11) is 1.29. The van der Waals surface area contributed by atoms with Crippen molar-refractivity contribution in [2.45, 2.75) is 9.92 Å². The first-order valence-electron chi connectivity index (χ1n) is 5.51. The maximum atomic E-state index is 11.4. The SMILES string of the molecule is COC(=O)c1cc(Sc2ccc(C(=O)O)cn2)ccn1. The number of carboxylic acid groups (broad SMARTS) is 1. The molecule has 2 heterocycles. The van der Waals surface area contributed by atoms with Crippen molar-refractivity contribution in [3.05, 3.63) is 47.9 Å². The van der Waals surface area contributed by atoms with E-state index in [-0.39, 0.29) is 11.3 Å². The van der Waals surface area contributed by atoms with Crippen LogP contribution < -0.4 is 0 Å². The van der Waals surface area contributed by atoms with Gasteiger partial charge in [-0.1, -0.05) is 11.8 Å². The molecule has 1 N–H and O–H groups in total. The van der Waals surface area contributed by atoms with Crippen molar-refractivity contribution in [2.24, 2.45) is 0 Å². The van der Waals surface area contributed by atoms with Crippen LogP contribution in [0.4, 0.5) is 0 Å². The number of pyridine rings is 2. The standard InChI is InChI=1S/C13H10N2O4S/c1-19-13(18)10-6-9(4-5-14-10)20-11-3-2-8(7-15-11)12(16)17/h2-7H,1H3,(H,16,17). The van der Waals surface area contributed by atoms with E-state index in [1.807, 2.05) is 0 Å². The molecule has 0 spiro atoms. The zero-order chi connectivity index (χ0) is 14.5. The fourth-order valence-corrected chi connectivity index (χ4v) is 2.16. The van der Waals surface area contributed by atoms with E-state index in [1.165, 1.54) is 37.3 Å². The number of aromatic carboxylic acids is 1. The minimum atomic E-state index is -1.02. The Bertz CT molecular complexity index is 643. The van der Waals surface area contributed by atoms with Gasteiger partial charge in [0.1, 0.15) is 10.7 Å². The van der Waals surface area contributed by atoms with Gasteiger partial charge >= 0.3 is 11.9 Å². The lowest BCUT2D eigenvalue weighted by molar-refractivity contribution is 0.0593. The molecule has 0 amide bonds. The summed E-state index contributed by atoms with van der Waals surface area (Å²) in [5.41, 5.74) is 0.332. The monoisotopic (exact) mass is 290 g/mol. The van der Waals surface area contributed by atoms with Crippen LogP contribution in [0.25, 0.3) is 0 Å². The number of nitrogens with zero attached hydrogens (tertiary/aromatic N) is 2. The van der Waals surface area contributed by atoms with Crippen LogP contribution in [0, 0.1) is 0 Å². The molecule has 0 unspecified atom stereocenters. The third kappa shape index (κ3) is 3.33. The predicted molar refractivity (Wildman–Crippen MR) is 70.9 cm³/mol. The van der Waals surface area contributed by atoms with Gasteiger partial charge in [0, 0.05) is 17.3 Å². The fourth-order valence-electron chi connectivity index (χ4n) is 1.38. The largest absolute Gasteiger partial charge is 0.478 e. The smallest absolute Gasteiger partial charge is 0.356 e. The molecule has 2 aromatic rings. The molecule has 0 aliphatic heterocycles. The topological polar surface area (TPSA) is 89.4 Å². The lowest BCUT2D eigenvalue weighted by Crippen LogP contribution is -2.03. The molecule has 0 saturated carbocycles. The number of rotatable bonds is 4. The van der Waals surface area contributed by atoms with Crippen molar-refractivity contribution >= 4 is 23.7 Å². The van der Waals surface area contributed by atoms with Crippen LogP contribution in [-0.2, 0) is 4.74 Å². The number of carboxylic acids is 1. The molecule has 0 atom stereocenters. The van der Waals surface area contributed by atoms with Crippen LogP contribution in [0.2, 0.25) is 0 Å². The van der Waals surface area contributed by atoms with Crippen LogP contribution in [0.5, 0.6) is 0 Å². The minimum absolute atomic E-state index is 0.124. The van der Waals surface area contributed by atoms with Crippen molar-refractivity contribution in [2.75, 3.05) is 7.11 Å². The number of esters is 1. The highest BCUT2D eigenvalue weighted by Crippen LogP contribution is 2.26.